The molecule has 0 atom stereocenters. The van der Waals surface area contributed by atoms with Crippen LogP contribution in [0.3, 0.4) is 0 Å². The lowest BCUT2D eigenvalue weighted by atomic mass is 10.2. The minimum absolute atomic E-state index is 1.04. The van der Waals surface area contributed by atoms with E-state index >= 15 is 0 Å². The smallest absolute Gasteiger partial charge is 0.316 e. The number of nitrogens with zero attached hydrogens (tertiary/aromatic N) is 2. The molecule has 0 aromatic heterocycles. The summed E-state index contributed by atoms with van der Waals surface area (Å²) in [6, 6.07) is 16.7. The fourth-order valence-electron chi connectivity index (χ4n) is 2.01. The zero-order chi connectivity index (χ0) is 13.9. The van der Waals surface area contributed by atoms with Crippen LogP contribution < -0.4 is 9.89 Å². The monoisotopic (exact) mass is 280 g/mol. The SMILES string of the molecule is CN(C)c1ccc(C=CC2=[N+]c3ccccc3S2)cc1. The van der Waals surface area contributed by atoms with Crippen molar-refractivity contribution in [2.24, 2.45) is 0 Å². The van der Waals surface area contributed by atoms with E-state index in [0.29, 0.717) is 0 Å². The number of anilines is 1. The number of benzene rings is 2. The lowest BCUT2D eigenvalue weighted by Crippen LogP contribution is -2.07. The van der Waals surface area contributed by atoms with Gasteiger partial charge in [0.25, 0.3) is 5.69 Å². The summed E-state index contributed by atoms with van der Waals surface area (Å²) in [4.78, 5) is 7.93. The van der Waals surface area contributed by atoms with Crippen molar-refractivity contribution in [1.29, 1.82) is 0 Å². The van der Waals surface area contributed by atoms with E-state index in [0.717, 1.165) is 10.7 Å². The van der Waals surface area contributed by atoms with E-state index in [-0.39, 0.29) is 0 Å². The summed E-state index contributed by atoms with van der Waals surface area (Å²) < 4.78 is 0. The predicted octanol–water partition coefficient (Wildman–Crippen LogP) is 3.94. The predicted molar refractivity (Wildman–Crippen MR) is 88.9 cm³/mol. The topological polar surface area (TPSA) is 17.3 Å². The molecule has 3 rings (SSSR count). The molecule has 2 nitrogen and oxygen atoms in total. The summed E-state index contributed by atoms with van der Waals surface area (Å²) >= 11 is 1.72. The molecule has 0 amide bonds. The van der Waals surface area contributed by atoms with Gasteiger partial charge >= 0.3 is 5.04 Å². The first kappa shape index (κ1) is 13.0. The van der Waals surface area contributed by atoms with Gasteiger partial charge in [0.1, 0.15) is 0 Å². The lowest BCUT2D eigenvalue weighted by molar-refractivity contribution is 1.13. The van der Waals surface area contributed by atoms with Crippen LogP contribution in [0.15, 0.2) is 59.5 Å². The maximum atomic E-state index is 4.60. The van der Waals surface area contributed by atoms with Crippen molar-refractivity contribution >= 4 is 34.3 Å². The van der Waals surface area contributed by atoms with Gasteiger partial charge in [-0.15, -0.1) is 0 Å². The van der Waals surface area contributed by atoms with Gasteiger partial charge in [0, 0.05) is 31.9 Å². The molecular weight excluding hydrogens is 264 g/mol. The second-order valence-corrected chi connectivity index (χ2v) is 5.90. The Kier molecular flexibility index (Phi) is 3.61. The van der Waals surface area contributed by atoms with Crippen molar-refractivity contribution in [3.8, 4) is 0 Å². The van der Waals surface area contributed by atoms with Crippen LogP contribution >= 0.6 is 11.8 Å². The number of aliphatic imine (C=N–C) groups is 1. The van der Waals surface area contributed by atoms with Gasteiger partial charge in [-0.1, -0.05) is 24.3 Å². The van der Waals surface area contributed by atoms with Crippen LogP contribution in [0.5, 0.6) is 0 Å². The van der Waals surface area contributed by atoms with Gasteiger partial charge in [0.05, 0.1) is 9.89 Å². The molecule has 0 unspecified atom stereocenters. The molecule has 0 saturated carbocycles. The van der Waals surface area contributed by atoms with Crippen LogP contribution in [0, 0.1) is 0 Å². The standard InChI is InChI=1S/C17H16N2S/c1-19(2)14-10-7-13(8-11-14)9-12-17-18-15-5-3-4-6-16(15)20-17/h3-12H,1-2H3/q+1. The molecule has 2 aromatic carbocycles. The normalized spacial score (nSPS) is 13.4. The Morgan fingerprint density at radius 1 is 0.950 bits per heavy atom. The van der Waals surface area contributed by atoms with Gasteiger partial charge in [-0.2, -0.15) is 0 Å². The van der Waals surface area contributed by atoms with E-state index in [1.54, 1.807) is 11.8 Å². The Hall–Kier alpha value is -2.00. The van der Waals surface area contributed by atoms with Crippen LogP contribution in [0.4, 0.5) is 11.4 Å². The summed E-state index contributed by atoms with van der Waals surface area (Å²) in [6.45, 7) is 0. The first-order chi connectivity index (χ1) is 9.72. The van der Waals surface area contributed by atoms with Gasteiger partial charge in [-0.3, -0.25) is 0 Å². The second kappa shape index (κ2) is 5.55. The largest absolute Gasteiger partial charge is 0.378 e. The van der Waals surface area contributed by atoms with Crippen molar-refractivity contribution in [2.45, 2.75) is 4.90 Å². The average molecular weight is 280 g/mol. The highest BCUT2D eigenvalue weighted by molar-refractivity contribution is 8.14. The highest BCUT2D eigenvalue weighted by Crippen LogP contribution is 2.32. The molecule has 1 heterocycles. The van der Waals surface area contributed by atoms with Crippen molar-refractivity contribution in [3.05, 3.63) is 60.2 Å². The number of hydrogen-bond donors (Lipinski definition) is 0. The molecule has 99 valence electrons. The third-order valence-electron chi connectivity index (χ3n) is 3.14. The highest BCUT2D eigenvalue weighted by atomic mass is 32.2. The molecule has 3 heteroatoms. The summed E-state index contributed by atoms with van der Waals surface area (Å²) in [5, 5.41) is 1.04. The van der Waals surface area contributed by atoms with Crippen molar-refractivity contribution in [2.75, 3.05) is 19.0 Å². The highest BCUT2D eigenvalue weighted by Gasteiger charge is 2.25. The Bertz CT molecular complexity index is 670. The molecular formula is C17H16N2S+. The fraction of sp³-hybridized carbons (Fsp3) is 0.118. The summed E-state index contributed by atoms with van der Waals surface area (Å²) in [7, 11) is 4.10. The van der Waals surface area contributed by atoms with Crippen LogP contribution in [-0.2, 0) is 0 Å². The number of hydrogen-bond acceptors (Lipinski definition) is 3. The molecule has 20 heavy (non-hydrogen) atoms. The fourth-order valence-corrected chi connectivity index (χ4v) is 2.88. The minimum atomic E-state index is 1.04. The zero-order valence-corrected chi connectivity index (χ0v) is 12.4. The van der Waals surface area contributed by atoms with Crippen LogP contribution in [0.2, 0.25) is 0 Å². The van der Waals surface area contributed by atoms with Crippen LogP contribution in [-0.4, -0.2) is 19.1 Å². The quantitative estimate of drug-likeness (QED) is 0.847. The molecule has 1 radical (unpaired) electrons. The van der Waals surface area contributed by atoms with Crippen molar-refractivity contribution in [3.63, 3.8) is 0 Å². The molecule has 2 aromatic rings. The lowest BCUT2D eigenvalue weighted by Gasteiger charge is -2.11. The molecule has 0 fully saturated rings. The average Bonchev–Trinajstić information content (AvgIpc) is 2.88. The van der Waals surface area contributed by atoms with E-state index in [4.69, 9.17) is 0 Å². The van der Waals surface area contributed by atoms with Gasteiger partial charge in [-0.05, 0) is 41.6 Å². The van der Waals surface area contributed by atoms with E-state index in [9.17, 15) is 0 Å². The van der Waals surface area contributed by atoms with Crippen molar-refractivity contribution in [1.82, 2.24) is 4.99 Å². The number of thioether (sulfide) groups is 1. The van der Waals surface area contributed by atoms with E-state index in [2.05, 4.69) is 58.4 Å². The van der Waals surface area contributed by atoms with Gasteiger partial charge in [0.15, 0.2) is 0 Å². The van der Waals surface area contributed by atoms with Crippen LogP contribution in [0.25, 0.3) is 6.08 Å². The first-order valence-electron chi connectivity index (χ1n) is 6.53. The Morgan fingerprint density at radius 2 is 1.70 bits per heavy atom. The molecule has 0 aliphatic carbocycles. The first-order valence-corrected chi connectivity index (χ1v) is 7.35. The zero-order valence-electron chi connectivity index (χ0n) is 11.6. The molecule has 1 aliphatic heterocycles. The second-order valence-electron chi connectivity index (χ2n) is 4.84. The Labute approximate surface area is 123 Å². The summed E-state index contributed by atoms with van der Waals surface area (Å²) in [6.07, 6.45) is 4.19. The number of rotatable bonds is 3. The number of para-hydroxylation sites is 1. The maximum Gasteiger partial charge on any atom is 0.316 e. The van der Waals surface area contributed by atoms with E-state index in [1.807, 2.05) is 26.2 Å². The van der Waals surface area contributed by atoms with Gasteiger partial charge < -0.3 is 4.90 Å². The third-order valence-corrected chi connectivity index (χ3v) is 4.14. The van der Waals surface area contributed by atoms with Crippen LogP contribution in [0.1, 0.15) is 5.56 Å². The summed E-state index contributed by atoms with van der Waals surface area (Å²) in [5.74, 6) is 0. The number of fused-ring (bicyclic) bond motifs is 1. The molecule has 0 N–H and O–H groups in total. The Morgan fingerprint density at radius 3 is 2.40 bits per heavy atom. The van der Waals surface area contributed by atoms with E-state index < -0.39 is 0 Å². The van der Waals surface area contributed by atoms with Gasteiger partial charge in [0.2, 0.25) is 0 Å². The third kappa shape index (κ3) is 2.78. The maximum absolute atomic E-state index is 4.60. The minimum Gasteiger partial charge on any atom is -0.378 e. The van der Waals surface area contributed by atoms with Gasteiger partial charge in [-0.25, -0.2) is 0 Å². The molecule has 0 spiro atoms. The molecule has 0 bridgehead atoms. The summed E-state index contributed by atoms with van der Waals surface area (Å²) in [5.41, 5.74) is 3.47. The van der Waals surface area contributed by atoms with E-state index in [1.165, 1.54) is 16.1 Å². The Balaban J connectivity index is 1.73. The molecule has 0 saturated heterocycles. The van der Waals surface area contributed by atoms with Crippen molar-refractivity contribution < 1.29 is 0 Å². The molecule has 1 aliphatic rings.